The molecule has 0 aliphatic carbocycles. The molecule has 0 bridgehead atoms. The number of aliphatic carboxylic acids is 1. The van der Waals surface area contributed by atoms with E-state index in [9.17, 15) is 4.79 Å². The minimum absolute atomic E-state index is 0.810. The lowest BCUT2D eigenvalue weighted by atomic mass is 10.2. The summed E-state index contributed by atoms with van der Waals surface area (Å²) < 4.78 is -0.0413. The first-order valence-corrected chi connectivity index (χ1v) is 8.71. The number of benzene rings is 1. The minimum atomic E-state index is -0.851. The van der Waals surface area contributed by atoms with Gasteiger partial charge < -0.3 is 10.0 Å². The molecule has 1 N–H and O–H groups in total. The third-order valence-corrected chi connectivity index (χ3v) is 5.46. The van der Waals surface area contributed by atoms with Crippen molar-refractivity contribution in [3.63, 3.8) is 0 Å². The van der Waals surface area contributed by atoms with Gasteiger partial charge in [-0.25, -0.2) is 4.98 Å². The van der Waals surface area contributed by atoms with E-state index in [1.807, 2.05) is 23.6 Å². The van der Waals surface area contributed by atoms with Crippen LogP contribution in [0.2, 0.25) is 0 Å². The highest BCUT2D eigenvalue weighted by molar-refractivity contribution is 8.02. The van der Waals surface area contributed by atoms with Crippen LogP contribution in [0.15, 0.2) is 40.1 Å². The largest absolute Gasteiger partial charge is 0.480 e. The molecule has 0 saturated carbocycles. The first kappa shape index (κ1) is 16.8. The second kappa shape index (κ2) is 7.15. The summed E-state index contributed by atoms with van der Waals surface area (Å²) in [5.74, 6) is -0.821. The van der Waals surface area contributed by atoms with E-state index in [-0.39, 0.29) is 0 Å². The van der Waals surface area contributed by atoms with Gasteiger partial charge >= 0.3 is 5.97 Å². The van der Waals surface area contributed by atoms with Gasteiger partial charge in [-0.05, 0) is 26.0 Å². The number of likely N-dealkylation sites (N-methyl/N-ethyl adjacent to an activating group) is 1. The summed E-state index contributed by atoms with van der Waals surface area (Å²) in [6.07, 6.45) is 0.843. The maximum atomic E-state index is 11.2. The molecule has 0 unspecified atom stereocenters. The van der Waals surface area contributed by atoms with Gasteiger partial charge in [0.25, 0.3) is 0 Å². The summed E-state index contributed by atoms with van der Waals surface area (Å²) in [4.78, 5) is 17.9. The van der Waals surface area contributed by atoms with E-state index in [1.54, 1.807) is 13.8 Å². The van der Waals surface area contributed by atoms with Crippen LogP contribution in [0.4, 0.5) is 5.69 Å². The molecular weight excluding hydrogens is 316 g/mol. The third-order valence-electron chi connectivity index (χ3n) is 3.29. The number of hydrogen-bond donors (Lipinski definition) is 1. The molecule has 0 atom stereocenters. The molecule has 0 aliphatic heterocycles. The van der Waals surface area contributed by atoms with Crippen LogP contribution in [0, 0.1) is 0 Å². The number of nitrogens with zero attached hydrogens (tertiary/aromatic N) is 2. The predicted octanol–water partition coefficient (Wildman–Crippen LogP) is 3.78. The summed E-state index contributed by atoms with van der Waals surface area (Å²) in [5.41, 5.74) is 2.19. The monoisotopic (exact) mass is 336 g/mol. The van der Waals surface area contributed by atoms with Gasteiger partial charge in [0.05, 0.1) is 5.69 Å². The Morgan fingerprint density at radius 2 is 2.05 bits per heavy atom. The van der Waals surface area contributed by atoms with E-state index in [4.69, 9.17) is 5.11 Å². The van der Waals surface area contributed by atoms with Crippen LogP contribution in [0.3, 0.4) is 0 Å². The summed E-state index contributed by atoms with van der Waals surface area (Å²) in [7, 11) is 2.06. The Bertz CT molecular complexity index is 626. The fraction of sp³-hybridized carbons (Fsp3) is 0.375. The summed E-state index contributed by atoms with van der Waals surface area (Å²) in [5, 5.41) is 11.2. The Hall–Kier alpha value is -1.53. The molecule has 2 rings (SSSR count). The van der Waals surface area contributed by atoms with E-state index >= 15 is 0 Å². The second-order valence-corrected chi connectivity index (χ2v) is 8.26. The molecule has 0 spiro atoms. The van der Waals surface area contributed by atoms with Gasteiger partial charge in [0.15, 0.2) is 4.34 Å². The van der Waals surface area contributed by atoms with Crippen molar-refractivity contribution in [3.05, 3.63) is 41.4 Å². The molecule has 0 fully saturated rings. The zero-order chi connectivity index (χ0) is 16.2. The summed E-state index contributed by atoms with van der Waals surface area (Å²) in [6, 6.07) is 10.2. The Kier molecular flexibility index (Phi) is 5.47. The van der Waals surface area contributed by atoms with Crippen molar-refractivity contribution in [1.29, 1.82) is 0 Å². The quantitative estimate of drug-likeness (QED) is 0.780. The fourth-order valence-corrected chi connectivity index (χ4v) is 4.03. The molecule has 2 aromatic rings. The lowest BCUT2D eigenvalue weighted by molar-refractivity contribution is -0.138. The number of thiazole rings is 1. The number of anilines is 1. The molecule has 4 nitrogen and oxygen atoms in total. The van der Waals surface area contributed by atoms with E-state index in [0.29, 0.717) is 0 Å². The highest BCUT2D eigenvalue weighted by Gasteiger charge is 2.29. The molecule has 6 heteroatoms. The molecule has 1 aromatic heterocycles. The van der Waals surface area contributed by atoms with Crippen LogP contribution in [-0.4, -0.2) is 34.4 Å². The van der Waals surface area contributed by atoms with Gasteiger partial charge in [0.2, 0.25) is 0 Å². The van der Waals surface area contributed by atoms with Gasteiger partial charge in [-0.1, -0.05) is 30.0 Å². The maximum absolute atomic E-state index is 11.2. The van der Waals surface area contributed by atoms with Gasteiger partial charge in [0, 0.05) is 31.1 Å². The van der Waals surface area contributed by atoms with Crippen molar-refractivity contribution in [2.75, 3.05) is 18.5 Å². The molecular formula is C16H20N2O2S2. The van der Waals surface area contributed by atoms with Gasteiger partial charge in [0.1, 0.15) is 4.75 Å². The number of carboxylic acid groups (broad SMARTS) is 1. The van der Waals surface area contributed by atoms with Crippen LogP contribution < -0.4 is 4.90 Å². The predicted molar refractivity (Wildman–Crippen MR) is 93.1 cm³/mol. The average Bonchev–Trinajstić information content (AvgIpc) is 2.92. The molecule has 22 heavy (non-hydrogen) atoms. The van der Waals surface area contributed by atoms with Crippen molar-refractivity contribution >= 4 is 34.8 Å². The van der Waals surface area contributed by atoms with Gasteiger partial charge in [-0.2, -0.15) is 0 Å². The van der Waals surface area contributed by atoms with Gasteiger partial charge in [-0.15, -0.1) is 11.3 Å². The smallest absolute Gasteiger partial charge is 0.319 e. The lowest BCUT2D eigenvalue weighted by Gasteiger charge is -2.18. The number of para-hydroxylation sites is 1. The number of aromatic nitrogens is 1. The molecule has 1 heterocycles. The summed E-state index contributed by atoms with van der Waals surface area (Å²) >= 11 is 2.81. The van der Waals surface area contributed by atoms with Crippen LogP contribution in [0.5, 0.6) is 0 Å². The van der Waals surface area contributed by atoms with E-state index in [1.165, 1.54) is 28.8 Å². The van der Waals surface area contributed by atoms with Crippen molar-refractivity contribution < 1.29 is 9.90 Å². The highest BCUT2D eigenvalue weighted by atomic mass is 32.2. The number of hydrogen-bond acceptors (Lipinski definition) is 5. The molecule has 0 radical (unpaired) electrons. The van der Waals surface area contributed by atoms with Crippen molar-refractivity contribution in [3.8, 4) is 0 Å². The van der Waals surface area contributed by atoms with Crippen molar-refractivity contribution in [1.82, 2.24) is 4.98 Å². The number of carboxylic acids is 1. The Balaban J connectivity index is 1.91. The average molecular weight is 336 g/mol. The molecule has 1 aromatic carbocycles. The fourth-order valence-electron chi connectivity index (χ4n) is 1.81. The van der Waals surface area contributed by atoms with Gasteiger partial charge in [-0.3, -0.25) is 4.79 Å². The minimum Gasteiger partial charge on any atom is -0.480 e. The first-order chi connectivity index (χ1) is 10.4. The van der Waals surface area contributed by atoms with Crippen molar-refractivity contribution in [2.45, 2.75) is 29.4 Å². The normalized spacial score (nSPS) is 11.4. The van der Waals surface area contributed by atoms with Crippen LogP contribution in [-0.2, 0) is 11.2 Å². The molecule has 0 aliphatic rings. The van der Waals surface area contributed by atoms with E-state index in [0.717, 1.165) is 23.0 Å². The maximum Gasteiger partial charge on any atom is 0.319 e. The molecule has 118 valence electrons. The second-order valence-electron chi connectivity index (χ2n) is 5.53. The number of rotatable bonds is 7. The number of carbonyl (C=O) groups is 1. The topological polar surface area (TPSA) is 53.4 Å². The number of thioether (sulfide) groups is 1. The standard InChI is InChI=1S/C16H20N2O2S2/c1-16(2,14(19)20)22-15-17-12(11-21-15)9-10-18(3)13-7-5-4-6-8-13/h4-8,11H,9-10H2,1-3H3,(H,19,20). The zero-order valence-corrected chi connectivity index (χ0v) is 14.6. The van der Waals surface area contributed by atoms with E-state index in [2.05, 4.69) is 29.1 Å². The van der Waals surface area contributed by atoms with Crippen LogP contribution in [0.25, 0.3) is 0 Å². The molecule has 0 amide bonds. The van der Waals surface area contributed by atoms with Crippen LogP contribution >= 0.6 is 23.1 Å². The van der Waals surface area contributed by atoms with Crippen molar-refractivity contribution in [2.24, 2.45) is 0 Å². The highest BCUT2D eigenvalue weighted by Crippen LogP contribution is 2.34. The Morgan fingerprint density at radius 1 is 1.36 bits per heavy atom. The Labute approximate surface area is 139 Å². The first-order valence-electron chi connectivity index (χ1n) is 7.01. The van der Waals surface area contributed by atoms with Crippen LogP contribution in [0.1, 0.15) is 19.5 Å². The summed E-state index contributed by atoms with van der Waals surface area (Å²) in [6.45, 7) is 4.27. The van der Waals surface area contributed by atoms with E-state index < -0.39 is 10.7 Å². The molecule has 0 saturated heterocycles. The third kappa shape index (κ3) is 4.48. The lowest BCUT2D eigenvalue weighted by Crippen LogP contribution is -2.26. The SMILES string of the molecule is CN(CCc1csc(SC(C)(C)C(=O)O)n1)c1ccccc1. The Morgan fingerprint density at radius 3 is 2.68 bits per heavy atom. The zero-order valence-electron chi connectivity index (χ0n) is 12.9.